The van der Waals surface area contributed by atoms with Gasteiger partial charge in [0.2, 0.25) is 11.8 Å². The van der Waals surface area contributed by atoms with Gasteiger partial charge in [-0.25, -0.2) is 4.39 Å². The Hall–Kier alpha value is -1.95. The summed E-state index contributed by atoms with van der Waals surface area (Å²) in [7, 11) is 0. The van der Waals surface area contributed by atoms with Crippen molar-refractivity contribution in [2.45, 2.75) is 51.8 Å². The second kappa shape index (κ2) is 8.78. The second-order valence-electron chi connectivity index (χ2n) is 6.27. The average Bonchev–Trinajstić information content (AvgIpc) is 2.90. The Morgan fingerprint density at radius 1 is 1.38 bits per heavy atom. The highest BCUT2D eigenvalue weighted by molar-refractivity contribution is 5.90. The Kier molecular flexibility index (Phi) is 6.73. The number of benzene rings is 1. The molecule has 1 fully saturated rings. The lowest BCUT2D eigenvalue weighted by Crippen LogP contribution is -2.44. The lowest BCUT2D eigenvalue weighted by atomic mass is 10.1. The van der Waals surface area contributed by atoms with E-state index in [4.69, 9.17) is 4.74 Å². The molecule has 1 atom stereocenters. The van der Waals surface area contributed by atoms with E-state index >= 15 is 0 Å². The summed E-state index contributed by atoms with van der Waals surface area (Å²) in [6.07, 6.45) is 1.81. The van der Waals surface area contributed by atoms with E-state index in [-0.39, 0.29) is 23.7 Å². The number of nitrogens with one attached hydrogen (secondary N) is 1. The van der Waals surface area contributed by atoms with Crippen molar-refractivity contribution in [3.05, 3.63) is 35.6 Å². The van der Waals surface area contributed by atoms with Gasteiger partial charge in [0.15, 0.2) is 0 Å². The average molecular weight is 336 g/mol. The first-order valence-corrected chi connectivity index (χ1v) is 8.40. The molecule has 1 heterocycles. The molecule has 0 spiro atoms. The van der Waals surface area contributed by atoms with Gasteiger partial charge < -0.3 is 15.0 Å². The first-order chi connectivity index (χ1) is 11.5. The van der Waals surface area contributed by atoms with E-state index in [0.29, 0.717) is 32.5 Å². The Balaban J connectivity index is 1.84. The van der Waals surface area contributed by atoms with Gasteiger partial charge >= 0.3 is 0 Å². The number of hydrogen-bond donors (Lipinski definition) is 1. The normalized spacial score (nSPS) is 17.6. The minimum absolute atomic E-state index is 0.0392. The Bertz CT molecular complexity index is 560. The van der Waals surface area contributed by atoms with Crippen molar-refractivity contribution >= 4 is 11.8 Å². The fraction of sp³-hybridized carbons (Fsp3) is 0.556. The number of ether oxygens (including phenoxy) is 1. The minimum atomic E-state index is -0.450. The van der Waals surface area contributed by atoms with Gasteiger partial charge in [0, 0.05) is 26.1 Å². The fourth-order valence-corrected chi connectivity index (χ4v) is 2.71. The van der Waals surface area contributed by atoms with Crippen LogP contribution in [0.5, 0.6) is 0 Å². The molecule has 1 aromatic carbocycles. The number of carbonyl (C=O) groups is 2. The molecular formula is C18H25FN2O3. The van der Waals surface area contributed by atoms with E-state index in [9.17, 15) is 14.0 Å². The van der Waals surface area contributed by atoms with Crippen LogP contribution < -0.4 is 5.32 Å². The summed E-state index contributed by atoms with van der Waals surface area (Å²) in [5.74, 6) is -0.487. The van der Waals surface area contributed by atoms with Crippen LogP contribution in [0.4, 0.5) is 4.39 Å². The topological polar surface area (TPSA) is 58.6 Å². The summed E-state index contributed by atoms with van der Waals surface area (Å²) in [6.45, 7) is 5.39. The van der Waals surface area contributed by atoms with Crippen molar-refractivity contribution in [1.29, 1.82) is 0 Å². The highest BCUT2D eigenvalue weighted by Crippen LogP contribution is 2.21. The van der Waals surface area contributed by atoms with E-state index in [0.717, 1.165) is 12.0 Å². The van der Waals surface area contributed by atoms with E-state index in [1.807, 2.05) is 13.8 Å². The van der Waals surface area contributed by atoms with Gasteiger partial charge in [-0.05, 0) is 44.4 Å². The van der Waals surface area contributed by atoms with E-state index in [1.165, 1.54) is 12.1 Å². The molecule has 1 saturated heterocycles. The maximum atomic E-state index is 13.0. The standard InChI is InChI=1S/C18H25FN2O3/c1-13(2)24-11-3-10-20-18(23)16-8-9-17(22)21(16)12-14-4-6-15(19)7-5-14/h4-7,13,16H,3,8-12H2,1-2H3,(H,20,23). The van der Waals surface area contributed by atoms with Gasteiger partial charge in [0.1, 0.15) is 11.9 Å². The molecule has 2 rings (SSSR count). The zero-order chi connectivity index (χ0) is 17.5. The first kappa shape index (κ1) is 18.4. The Morgan fingerprint density at radius 3 is 2.75 bits per heavy atom. The molecular weight excluding hydrogens is 311 g/mol. The molecule has 6 heteroatoms. The number of likely N-dealkylation sites (tertiary alicyclic amines) is 1. The van der Waals surface area contributed by atoms with Gasteiger partial charge in [-0.3, -0.25) is 9.59 Å². The third-order valence-electron chi connectivity index (χ3n) is 3.97. The number of carbonyl (C=O) groups excluding carboxylic acids is 2. The predicted octanol–water partition coefficient (Wildman–Crippen LogP) is 2.25. The van der Waals surface area contributed by atoms with Crippen molar-refractivity contribution in [2.24, 2.45) is 0 Å². The van der Waals surface area contributed by atoms with E-state index in [2.05, 4.69) is 5.32 Å². The molecule has 1 unspecified atom stereocenters. The van der Waals surface area contributed by atoms with Gasteiger partial charge in [0.05, 0.1) is 6.10 Å². The van der Waals surface area contributed by atoms with Crippen LogP contribution in [-0.4, -0.2) is 42.0 Å². The van der Waals surface area contributed by atoms with Crippen LogP contribution >= 0.6 is 0 Å². The number of amides is 2. The number of rotatable bonds is 8. The van der Waals surface area contributed by atoms with Crippen molar-refractivity contribution < 1.29 is 18.7 Å². The molecule has 5 nitrogen and oxygen atoms in total. The van der Waals surface area contributed by atoms with Crippen LogP contribution in [0, 0.1) is 5.82 Å². The van der Waals surface area contributed by atoms with E-state index in [1.54, 1.807) is 17.0 Å². The van der Waals surface area contributed by atoms with Gasteiger partial charge in [-0.1, -0.05) is 12.1 Å². The van der Waals surface area contributed by atoms with Crippen molar-refractivity contribution in [3.8, 4) is 0 Å². The third kappa shape index (κ3) is 5.30. The predicted molar refractivity (Wildman–Crippen MR) is 88.7 cm³/mol. The molecule has 1 aliphatic heterocycles. The van der Waals surface area contributed by atoms with Crippen molar-refractivity contribution in [2.75, 3.05) is 13.2 Å². The monoisotopic (exact) mass is 336 g/mol. The molecule has 0 bridgehead atoms. The SMILES string of the molecule is CC(C)OCCCNC(=O)C1CCC(=O)N1Cc1ccc(F)cc1. The lowest BCUT2D eigenvalue weighted by molar-refractivity contribution is -0.135. The van der Waals surface area contributed by atoms with Gasteiger partial charge in [-0.2, -0.15) is 0 Å². The summed E-state index contributed by atoms with van der Waals surface area (Å²) < 4.78 is 18.4. The highest BCUT2D eigenvalue weighted by Gasteiger charge is 2.35. The zero-order valence-electron chi connectivity index (χ0n) is 14.3. The quantitative estimate of drug-likeness (QED) is 0.741. The number of nitrogens with zero attached hydrogens (tertiary/aromatic N) is 1. The van der Waals surface area contributed by atoms with Gasteiger partial charge in [-0.15, -0.1) is 0 Å². The molecule has 24 heavy (non-hydrogen) atoms. The Morgan fingerprint density at radius 2 is 2.08 bits per heavy atom. The van der Waals surface area contributed by atoms with Crippen LogP contribution in [0.25, 0.3) is 0 Å². The van der Waals surface area contributed by atoms with Crippen LogP contribution in [0.3, 0.4) is 0 Å². The largest absolute Gasteiger partial charge is 0.379 e. The summed E-state index contributed by atoms with van der Waals surface area (Å²) in [5.41, 5.74) is 0.815. The third-order valence-corrected chi connectivity index (χ3v) is 3.97. The number of hydrogen-bond acceptors (Lipinski definition) is 3. The maximum Gasteiger partial charge on any atom is 0.242 e. The molecule has 0 radical (unpaired) electrons. The van der Waals surface area contributed by atoms with E-state index < -0.39 is 6.04 Å². The smallest absolute Gasteiger partial charge is 0.242 e. The maximum absolute atomic E-state index is 13.0. The fourth-order valence-electron chi connectivity index (χ4n) is 2.71. The molecule has 2 amide bonds. The summed E-state index contributed by atoms with van der Waals surface area (Å²) in [6, 6.07) is 5.55. The molecule has 0 aliphatic carbocycles. The molecule has 1 aliphatic rings. The summed E-state index contributed by atoms with van der Waals surface area (Å²) >= 11 is 0. The van der Waals surface area contributed by atoms with Crippen LogP contribution in [0.15, 0.2) is 24.3 Å². The van der Waals surface area contributed by atoms with Crippen LogP contribution in [0.1, 0.15) is 38.7 Å². The lowest BCUT2D eigenvalue weighted by Gasteiger charge is -2.24. The van der Waals surface area contributed by atoms with Gasteiger partial charge in [0.25, 0.3) is 0 Å². The van der Waals surface area contributed by atoms with Crippen molar-refractivity contribution in [3.63, 3.8) is 0 Å². The molecule has 0 saturated carbocycles. The molecule has 132 valence electrons. The molecule has 1 N–H and O–H groups in total. The molecule has 0 aromatic heterocycles. The number of halogens is 1. The molecule has 1 aromatic rings. The summed E-state index contributed by atoms with van der Waals surface area (Å²) in [5, 5.41) is 2.87. The highest BCUT2D eigenvalue weighted by atomic mass is 19.1. The zero-order valence-corrected chi connectivity index (χ0v) is 14.3. The van der Waals surface area contributed by atoms with Crippen molar-refractivity contribution in [1.82, 2.24) is 10.2 Å². The first-order valence-electron chi connectivity index (χ1n) is 8.40. The summed E-state index contributed by atoms with van der Waals surface area (Å²) in [4.78, 5) is 26.0. The Labute approximate surface area is 142 Å². The van der Waals surface area contributed by atoms with Crippen LogP contribution in [-0.2, 0) is 20.9 Å². The second-order valence-corrected chi connectivity index (χ2v) is 6.27. The minimum Gasteiger partial charge on any atom is -0.379 e. The van der Waals surface area contributed by atoms with Crippen LogP contribution in [0.2, 0.25) is 0 Å².